The van der Waals surface area contributed by atoms with E-state index < -0.39 is 5.60 Å². The van der Waals surface area contributed by atoms with Gasteiger partial charge in [-0.2, -0.15) is 0 Å². The van der Waals surface area contributed by atoms with Gasteiger partial charge in [0.05, 0.1) is 5.60 Å². The molecule has 3 N–H and O–H groups in total. The lowest BCUT2D eigenvalue weighted by atomic mass is 9.85. The van der Waals surface area contributed by atoms with Crippen LogP contribution in [0, 0.1) is 0 Å². The van der Waals surface area contributed by atoms with Gasteiger partial charge in [0.25, 0.3) is 0 Å². The predicted octanol–water partition coefficient (Wildman–Crippen LogP) is 1.58. The van der Waals surface area contributed by atoms with Crippen molar-refractivity contribution in [1.29, 1.82) is 0 Å². The second-order valence-corrected chi connectivity index (χ2v) is 6.49. The van der Waals surface area contributed by atoms with E-state index in [9.17, 15) is 9.90 Å². The van der Waals surface area contributed by atoms with E-state index in [1.54, 1.807) is 0 Å². The number of carbonyl (C=O) groups is 1. The molecule has 1 fully saturated rings. The average molecular weight is 256 g/mol. The maximum atomic E-state index is 11.7. The van der Waals surface area contributed by atoms with E-state index in [0.717, 1.165) is 25.7 Å². The van der Waals surface area contributed by atoms with Crippen molar-refractivity contribution >= 4 is 5.91 Å². The van der Waals surface area contributed by atoms with Gasteiger partial charge in [-0.25, -0.2) is 0 Å². The molecule has 0 aromatic rings. The summed E-state index contributed by atoms with van der Waals surface area (Å²) in [5.41, 5.74) is -0.618. The molecule has 0 aromatic heterocycles. The Morgan fingerprint density at radius 3 is 2.39 bits per heavy atom. The lowest BCUT2D eigenvalue weighted by Gasteiger charge is -2.32. The lowest BCUT2D eigenvalue weighted by Crippen LogP contribution is -2.45. The van der Waals surface area contributed by atoms with Gasteiger partial charge in [-0.1, -0.05) is 19.3 Å². The highest BCUT2D eigenvalue weighted by Gasteiger charge is 2.29. The van der Waals surface area contributed by atoms with Gasteiger partial charge in [0.15, 0.2) is 0 Å². The van der Waals surface area contributed by atoms with Crippen molar-refractivity contribution in [2.75, 3.05) is 13.1 Å². The third-order valence-corrected chi connectivity index (χ3v) is 3.41. The van der Waals surface area contributed by atoms with Crippen LogP contribution in [0.3, 0.4) is 0 Å². The molecule has 0 spiro atoms. The molecule has 0 unspecified atom stereocenters. The number of amides is 1. The molecule has 0 aliphatic heterocycles. The summed E-state index contributed by atoms with van der Waals surface area (Å²) < 4.78 is 0. The molecule has 1 aliphatic rings. The van der Waals surface area contributed by atoms with Crippen molar-refractivity contribution < 1.29 is 9.90 Å². The van der Waals surface area contributed by atoms with E-state index >= 15 is 0 Å². The van der Waals surface area contributed by atoms with Gasteiger partial charge in [-0.15, -0.1) is 0 Å². The largest absolute Gasteiger partial charge is 0.388 e. The van der Waals surface area contributed by atoms with Crippen LogP contribution in [0.5, 0.6) is 0 Å². The summed E-state index contributed by atoms with van der Waals surface area (Å²) in [4.78, 5) is 11.7. The van der Waals surface area contributed by atoms with E-state index in [-0.39, 0.29) is 11.4 Å². The first-order chi connectivity index (χ1) is 8.31. The van der Waals surface area contributed by atoms with Crippen LogP contribution in [-0.4, -0.2) is 35.2 Å². The lowest BCUT2D eigenvalue weighted by molar-refractivity contribution is -0.122. The number of carbonyl (C=O) groups excluding carboxylic acids is 1. The number of nitrogens with one attached hydrogen (secondary N) is 2. The predicted molar refractivity (Wildman–Crippen MR) is 73.4 cm³/mol. The summed E-state index contributed by atoms with van der Waals surface area (Å²) in [6.07, 6.45) is 5.43. The molecule has 1 amide bonds. The molecular weight excluding hydrogens is 228 g/mol. The van der Waals surface area contributed by atoms with E-state index in [4.69, 9.17) is 0 Å². The van der Waals surface area contributed by atoms with E-state index in [1.807, 2.05) is 0 Å². The van der Waals surface area contributed by atoms with E-state index in [2.05, 4.69) is 31.4 Å². The van der Waals surface area contributed by atoms with Gasteiger partial charge in [0.2, 0.25) is 5.91 Å². The second kappa shape index (κ2) is 6.53. The maximum absolute atomic E-state index is 11.7. The van der Waals surface area contributed by atoms with Crippen molar-refractivity contribution in [3.8, 4) is 0 Å². The van der Waals surface area contributed by atoms with Gasteiger partial charge >= 0.3 is 0 Å². The summed E-state index contributed by atoms with van der Waals surface area (Å²) >= 11 is 0. The molecule has 1 aliphatic carbocycles. The first-order valence-corrected chi connectivity index (χ1v) is 7.05. The van der Waals surface area contributed by atoms with Crippen LogP contribution in [0.2, 0.25) is 0 Å². The van der Waals surface area contributed by atoms with Crippen molar-refractivity contribution in [3.05, 3.63) is 0 Å². The Morgan fingerprint density at radius 1 is 1.22 bits per heavy atom. The van der Waals surface area contributed by atoms with Crippen LogP contribution >= 0.6 is 0 Å². The van der Waals surface area contributed by atoms with Gasteiger partial charge in [-0.3, -0.25) is 4.79 Å². The topological polar surface area (TPSA) is 61.4 Å². The molecule has 1 rings (SSSR count). The summed E-state index contributed by atoms with van der Waals surface area (Å²) in [5.74, 6) is 0.0192. The molecular formula is C14H28N2O2. The highest BCUT2D eigenvalue weighted by molar-refractivity contribution is 5.76. The molecule has 4 nitrogen and oxygen atoms in total. The molecule has 18 heavy (non-hydrogen) atoms. The van der Waals surface area contributed by atoms with Crippen LogP contribution in [0.4, 0.5) is 0 Å². The Morgan fingerprint density at radius 2 is 1.83 bits per heavy atom. The SMILES string of the molecule is CC(C)(C)NCCC(=O)NCC1(O)CCCCC1. The fourth-order valence-electron chi connectivity index (χ4n) is 2.29. The van der Waals surface area contributed by atoms with Crippen LogP contribution in [0.25, 0.3) is 0 Å². The maximum Gasteiger partial charge on any atom is 0.221 e. The minimum absolute atomic E-state index is 0.0192. The molecule has 0 aromatic carbocycles. The molecule has 1 saturated carbocycles. The van der Waals surface area contributed by atoms with Crippen molar-refractivity contribution in [2.45, 2.75) is 70.4 Å². The first kappa shape index (κ1) is 15.4. The highest BCUT2D eigenvalue weighted by Crippen LogP contribution is 2.27. The molecule has 106 valence electrons. The Hall–Kier alpha value is -0.610. The third kappa shape index (κ3) is 6.36. The monoisotopic (exact) mass is 256 g/mol. The summed E-state index contributed by atoms with van der Waals surface area (Å²) in [6, 6.07) is 0. The van der Waals surface area contributed by atoms with Gasteiger partial charge in [-0.05, 0) is 33.6 Å². The van der Waals surface area contributed by atoms with Gasteiger partial charge in [0, 0.05) is 25.0 Å². The van der Waals surface area contributed by atoms with Gasteiger partial charge in [0.1, 0.15) is 0 Å². The fraction of sp³-hybridized carbons (Fsp3) is 0.929. The summed E-state index contributed by atoms with van der Waals surface area (Å²) in [5, 5.41) is 16.4. The molecule has 0 saturated heterocycles. The Kier molecular flexibility index (Phi) is 5.60. The summed E-state index contributed by atoms with van der Waals surface area (Å²) in [6.45, 7) is 7.32. The third-order valence-electron chi connectivity index (χ3n) is 3.41. The Bertz CT molecular complexity index is 265. The minimum atomic E-state index is -0.661. The van der Waals surface area contributed by atoms with Gasteiger partial charge < -0.3 is 15.7 Å². The number of hydrogen-bond donors (Lipinski definition) is 3. The molecule has 0 atom stereocenters. The van der Waals surface area contributed by atoms with E-state index in [0.29, 0.717) is 19.5 Å². The zero-order chi connectivity index (χ0) is 13.6. The molecule has 0 radical (unpaired) electrons. The first-order valence-electron chi connectivity index (χ1n) is 7.05. The van der Waals surface area contributed by atoms with Crippen molar-refractivity contribution in [2.24, 2.45) is 0 Å². The summed E-state index contributed by atoms with van der Waals surface area (Å²) in [7, 11) is 0. The zero-order valence-electron chi connectivity index (χ0n) is 12.0. The number of rotatable bonds is 5. The fourth-order valence-corrected chi connectivity index (χ4v) is 2.29. The highest BCUT2D eigenvalue weighted by atomic mass is 16.3. The Balaban J connectivity index is 2.16. The van der Waals surface area contributed by atoms with Crippen LogP contribution < -0.4 is 10.6 Å². The van der Waals surface area contributed by atoms with Crippen LogP contribution in [0.1, 0.15) is 59.3 Å². The van der Waals surface area contributed by atoms with Crippen molar-refractivity contribution in [1.82, 2.24) is 10.6 Å². The quantitative estimate of drug-likeness (QED) is 0.700. The van der Waals surface area contributed by atoms with Crippen LogP contribution in [0.15, 0.2) is 0 Å². The normalized spacial score (nSPS) is 19.6. The van der Waals surface area contributed by atoms with Crippen molar-refractivity contribution in [3.63, 3.8) is 0 Å². The number of hydrogen-bond acceptors (Lipinski definition) is 3. The van der Waals surface area contributed by atoms with Crippen LogP contribution in [-0.2, 0) is 4.79 Å². The second-order valence-electron chi connectivity index (χ2n) is 6.49. The zero-order valence-corrected chi connectivity index (χ0v) is 12.0. The molecule has 0 bridgehead atoms. The average Bonchev–Trinajstić information content (AvgIpc) is 2.26. The smallest absolute Gasteiger partial charge is 0.221 e. The number of aliphatic hydroxyl groups is 1. The Labute approximate surface area is 111 Å². The molecule has 0 heterocycles. The molecule has 4 heteroatoms. The minimum Gasteiger partial charge on any atom is -0.388 e. The standard InChI is InChI=1S/C14H28N2O2/c1-13(2,3)16-10-7-12(17)15-11-14(18)8-5-4-6-9-14/h16,18H,4-11H2,1-3H3,(H,15,17). The van der Waals surface area contributed by atoms with E-state index in [1.165, 1.54) is 6.42 Å².